The number of benzene rings is 1. The maximum absolute atomic E-state index is 11.7. The van der Waals surface area contributed by atoms with Crippen molar-refractivity contribution in [3.05, 3.63) is 41.4 Å². The minimum atomic E-state index is -1.66. The first-order chi connectivity index (χ1) is 11.1. The average molecular weight is 322 g/mol. The molecule has 1 aliphatic heterocycles. The zero-order valence-electron chi connectivity index (χ0n) is 12.5. The molecule has 8 nitrogen and oxygen atoms in total. The molecule has 1 heterocycles. The second-order valence-electron chi connectivity index (χ2n) is 4.89. The lowest BCUT2D eigenvalue weighted by Gasteiger charge is -2.35. The zero-order chi connectivity index (χ0) is 16.8. The van der Waals surface area contributed by atoms with Crippen LogP contribution in [0.1, 0.15) is 18.8 Å². The highest BCUT2D eigenvalue weighted by Crippen LogP contribution is 2.28. The SMILES string of the molecule is CCOC(=O)C(=[N+]=[N-])C(O)C1OC(c2ccccc2)OCC1O. The molecule has 4 atom stereocenters. The van der Waals surface area contributed by atoms with Crippen LogP contribution in [0.3, 0.4) is 0 Å². The van der Waals surface area contributed by atoms with Crippen LogP contribution in [0, 0.1) is 0 Å². The van der Waals surface area contributed by atoms with Crippen molar-refractivity contribution >= 4 is 11.7 Å². The summed E-state index contributed by atoms with van der Waals surface area (Å²) in [5, 5.41) is 20.2. The van der Waals surface area contributed by atoms with Gasteiger partial charge in [-0.05, 0) is 6.92 Å². The largest absolute Gasteiger partial charge is 0.457 e. The van der Waals surface area contributed by atoms with Crippen molar-refractivity contribution < 1.29 is 34.0 Å². The van der Waals surface area contributed by atoms with Gasteiger partial charge < -0.3 is 30.0 Å². The highest BCUT2D eigenvalue weighted by molar-refractivity contribution is 6.35. The molecule has 2 rings (SSSR count). The van der Waals surface area contributed by atoms with Gasteiger partial charge in [-0.2, -0.15) is 4.79 Å². The van der Waals surface area contributed by atoms with Crippen LogP contribution >= 0.6 is 0 Å². The third kappa shape index (κ3) is 4.01. The minimum Gasteiger partial charge on any atom is -0.457 e. The van der Waals surface area contributed by atoms with Gasteiger partial charge in [-0.25, -0.2) is 4.79 Å². The summed E-state index contributed by atoms with van der Waals surface area (Å²) in [6.45, 7) is 1.52. The first-order valence-electron chi connectivity index (χ1n) is 7.15. The Hall–Kier alpha value is -2.09. The summed E-state index contributed by atoms with van der Waals surface area (Å²) in [4.78, 5) is 14.4. The van der Waals surface area contributed by atoms with E-state index in [0.29, 0.717) is 5.56 Å². The second kappa shape index (κ2) is 7.96. The molecule has 0 aliphatic carbocycles. The Kier molecular flexibility index (Phi) is 5.97. The Balaban J connectivity index is 2.16. The summed E-state index contributed by atoms with van der Waals surface area (Å²) in [5.74, 6) is -0.985. The van der Waals surface area contributed by atoms with Crippen molar-refractivity contribution in [1.82, 2.24) is 0 Å². The maximum atomic E-state index is 11.7. The van der Waals surface area contributed by atoms with Gasteiger partial charge in [-0.3, -0.25) is 0 Å². The first-order valence-corrected chi connectivity index (χ1v) is 7.15. The van der Waals surface area contributed by atoms with Crippen molar-refractivity contribution in [1.29, 1.82) is 0 Å². The van der Waals surface area contributed by atoms with E-state index in [4.69, 9.17) is 19.7 Å². The molecule has 1 saturated heterocycles. The highest BCUT2D eigenvalue weighted by Gasteiger charge is 2.45. The van der Waals surface area contributed by atoms with Crippen molar-refractivity contribution in [2.45, 2.75) is 31.5 Å². The van der Waals surface area contributed by atoms with Crippen LogP contribution < -0.4 is 0 Å². The Morgan fingerprint density at radius 2 is 2.17 bits per heavy atom. The van der Waals surface area contributed by atoms with Gasteiger partial charge in [0, 0.05) is 5.56 Å². The number of hydrogen-bond donors (Lipinski definition) is 2. The van der Waals surface area contributed by atoms with E-state index in [2.05, 4.69) is 4.79 Å². The van der Waals surface area contributed by atoms with E-state index in [0.717, 1.165) is 0 Å². The lowest BCUT2D eigenvalue weighted by Crippen LogP contribution is -2.52. The van der Waals surface area contributed by atoms with Gasteiger partial charge in [0.1, 0.15) is 12.2 Å². The standard InChI is InChI=1S/C15H18N2O6/c1-2-21-14(20)11(17-16)12(19)13-10(18)8-22-15(23-13)9-6-4-3-5-7-9/h3-7,10,12-13,15,18-19H,2,8H2,1H3. The van der Waals surface area contributed by atoms with E-state index < -0.39 is 36.3 Å². The molecular weight excluding hydrogens is 304 g/mol. The van der Waals surface area contributed by atoms with Crippen LogP contribution in [0.4, 0.5) is 0 Å². The molecule has 1 aromatic rings. The first kappa shape index (κ1) is 17.3. The quantitative estimate of drug-likeness (QED) is 0.342. The molecule has 23 heavy (non-hydrogen) atoms. The van der Waals surface area contributed by atoms with Crippen LogP contribution in [-0.2, 0) is 19.0 Å². The molecule has 8 heteroatoms. The molecule has 0 saturated carbocycles. The van der Waals surface area contributed by atoms with Gasteiger partial charge in [0.05, 0.1) is 13.2 Å². The van der Waals surface area contributed by atoms with Gasteiger partial charge in [0.25, 0.3) is 0 Å². The van der Waals surface area contributed by atoms with E-state index in [1.165, 1.54) is 0 Å². The Labute approximate surface area is 132 Å². The summed E-state index contributed by atoms with van der Waals surface area (Å²) in [6.07, 6.45) is -4.88. The van der Waals surface area contributed by atoms with Crippen LogP contribution in [0.25, 0.3) is 5.53 Å². The summed E-state index contributed by atoms with van der Waals surface area (Å²) >= 11 is 0. The highest BCUT2D eigenvalue weighted by atomic mass is 16.7. The van der Waals surface area contributed by atoms with E-state index in [1.807, 2.05) is 6.07 Å². The molecule has 0 radical (unpaired) electrons. The zero-order valence-corrected chi connectivity index (χ0v) is 12.5. The summed E-state index contributed by atoms with van der Waals surface area (Å²) in [6, 6.07) is 8.93. The van der Waals surface area contributed by atoms with Crippen LogP contribution in [-0.4, -0.2) is 58.2 Å². The fraction of sp³-hybridized carbons (Fsp3) is 0.467. The number of esters is 1. The normalized spacial score (nSPS) is 25.3. The Bertz CT molecular complexity index is 587. The topological polar surface area (TPSA) is 122 Å². The fourth-order valence-corrected chi connectivity index (χ4v) is 2.20. The predicted molar refractivity (Wildman–Crippen MR) is 77.3 cm³/mol. The summed E-state index contributed by atoms with van der Waals surface area (Å²) in [5.41, 5.74) is 9.01. The third-order valence-electron chi connectivity index (χ3n) is 3.33. The second-order valence-corrected chi connectivity index (χ2v) is 4.89. The number of nitrogens with zero attached hydrogens (tertiary/aromatic N) is 2. The van der Waals surface area contributed by atoms with Gasteiger partial charge >= 0.3 is 11.7 Å². The van der Waals surface area contributed by atoms with Gasteiger partial charge in [-0.1, -0.05) is 30.3 Å². The van der Waals surface area contributed by atoms with E-state index in [-0.39, 0.29) is 13.2 Å². The number of aliphatic hydroxyl groups excluding tert-OH is 2. The van der Waals surface area contributed by atoms with E-state index >= 15 is 0 Å². The molecular formula is C15H18N2O6. The summed E-state index contributed by atoms with van der Waals surface area (Å²) < 4.78 is 15.6. The lowest BCUT2D eigenvalue weighted by atomic mass is 10.0. The van der Waals surface area contributed by atoms with E-state index in [1.54, 1.807) is 31.2 Å². The van der Waals surface area contributed by atoms with Crippen molar-refractivity contribution in [2.75, 3.05) is 13.2 Å². The molecule has 124 valence electrons. The van der Waals surface area contributed by atoms with Gasteiger partial charge in [0.15, 0.2) is 12.4 Å². The molecule has 1 fully saturated rings. The number of ether oxygens (including phenoxy) is 3. The Morgan fingerprint density at radius 1 is 1.48 bits per heavy atom. The molecule has 2 N–H and O–H groups in total. The molecule has 0 aromatic heterocycles. The van der Waals surface area contributed by atoms with Crippen LogP contribution in [0.5, 0.6) is 0 Å². The molecule has 0 bridgehead atoms. The fourth-order valence-electron chi connectivity index (χ4n) is 2.20. The number of aliphatic hydroxyl groups is 2. The Morgan fingerprint density at radius 3 is 2.78 bits per heavy atom. The van der Waals surface area contributed by atoms with Crippen LogP contribution in [0.2, 0.25) is 0 Å². The molecule has 0 spiro atoms. The number of hydrogen-bond acceptors (Lipinski definition) is 6. The van der Waals surface area contributed by atoms with Crippen molar-refractivity contribution in [3.63, 3.8) is 0 Å². The van der Waals surface area contributed by atoms with Gasteiger partial charge in [-0.15, -0.1) is 0 Å². The maximum Gasteiger partial charge on any atom is 0.419 e. The predicted octanol–water partition coefficient (Wildman–Crippen LogP) is 0.0563. The van der Waals surface area contributed by atoms with Crippen LogP contribution in [0.15, 0.2) is 30.3 Å². The minimum absolute atomic E-state index is 0.0500. The lowest BCUT2D eigenvalue weighted by molar-refractivity contribution is -0.271. The molecule has 1 aromatic carbocycles. The van der Waals surface area contributed by atoms with E-state index in [9.17, 15) is 15.0 Å². The number of carbonyl (C=O) groups excluding carboxylic acids is 1. The summed E-state index contributed by atoms with van der Waals surface area (Å²) in [7, 11) is 0. The molecule has 4 unspecified atom stereocenters. The van der Waals surface area contributed by atoms with Gasteiger partial charge in [0.2, 0.25) is 0 Å². The number of rotatable bonds is 5. The molecule has 1 aliphatic rings. The van der Waals surface area contributed by atoms with Crippen molar-refractivity contribution in [2.24, 2.45) is 0 Å². The van der Waals surface area contributed by atoms with Crippen molar-refractivity contribution in [3.8, 4) is 0 Å². The smallest absolute Gasteiger partial charge is 0.419 e. The average Bonchev–Trinajstić information content (AvgIpc) is 2.57. The third-order valence-corrected chi connectivity index (χ3v) is 3.33. The molecule has 0 amide bonds. The monoisotopic (exact) mass is 322 g/mol. The number of carbonyl (C=O) groups is 1.